The quantitative estimate of drug-likeness (QED) is 0.860. The molecule has 0 radical (unpaired) electrons. The Labute approximate surface area is 116 Å². The zero-order chi connectivity index (χ0) is 14.3. The molecule has 2 aliphatic rings. The van der Waals surface area contributed by atoms with Crippen LogP contribution in [0.2, 0.25) is 0 Å². The molecule has 20 heavy (non-hydrogen) atoms. The van der Waals surface area contributed by atoms with Crippen molar-refractivity contribution < 1.29 is 19.4 Å². The summed E-state index contributed by atoms with van der Waals surface area (Å²) in [5, 5.41) is 12.1. The fourth-order valence-electron chi connectivity index (χ4n) is 2.85. The number of carboxylic acid groups (broad SMARTS) is 1. The normalized spacial score (nSPS) is 31.2. The van der Waals surface area contributed by atoms with Crippen LogP contribution in [0.25, 0.3) is 0 Å². The predicted molar refractivity (Wildman–Crippen MR) is 71.4 cm³/mol. The Morgan fingerprint density at radius 1 is 1.40 bits per heavy atom. The maximum atomic E-state index is 12.3. The van der Waals surface area contributed by atoms with Crippen LogP contribution >= 0.6 is 0 Å². The van der Waals surface area contributed by atoms with Crippen LogP contribution in [0.15, 0.2) is 24.3 Å². The van der Waals surface area contributed by atoms with Gasteiger partial charge in [0.25, 0.3) is 0 Å². The van der Waals surface area contributed by atoms with Crippen LogP contribution in [0, 0.1) is 5.41 Å². The van der Waals surface area contributed by atoms with Gasteiger partial charge in [-0.05, 0) is 24.5 Å². The van der Waals surface area contributed by atoms with Crippen LogP contribution in [0.3, 0.4) is 0 Å². The Hall–Kier alpha value is -1.88. The number of aliphatic carboxylic acids is 1. The summed E-state index contributed by atoms with van der Waals surface area (Å²) >= 11 is 0. The van der Waals surface area contributed by atoms with E-state index in [1.165, 1.54) is 5.56 Å². The molecular weight excluding hydrogens is 258 g/mol. The molecule has 0 aromatic heterocycles. The molecule has 1 saturated heterocycles. The molecule has 1 aromatic rings. The molecule has 106 valence electrons. The number of hydrogen-bond donors (Lipinski definition) is 2. The molecule has 3 atom stereocenters. The van der Waals surface area contributed by atoms with E-state index in [4.69, 9.17) is 4.74 Å². The van der Waals surface area contributed by atoms with Crippen LogP contribution in [0.4, 0.5) is 0 Å². The monoisotopic (exact) mass is 275 g/mol. The lowest BCUT2D eigenvalue weighted by atomic mass is 9.76. The van der Waals surface area contributed by atoms with E-state index >= 15 is 0 Å². The first-order valence-corrected chi connectivity index (χ1v) is 6.71. The summed E-state index contributed by atoms with van der Waals surface area (Å²) in [5.74, 6) is -1.20. The number of hydrogen-bond acceptors (Lipinski definition) is 3. The third-order valence-corrected chi connectivity index (χ3v) is 4.43. The van der Waals surface area contributed by atoms with E-state index in [1.807, 2.05) is 24.3 Å². The first-order chi connectivity index (χ1) is 9.52. The second kappa shape index (κ2) is 4.59. The maximum absolute atomic E-state index is 12.3. The summed E-state index contributed by atoms with van der Waals surface area (Å²) in [6.07, 6.45) is 0.722. The zero-order valence-corrected chi connectivity index (χ0v) is 11.3. The fourth-order valence-corrected chi connectivity index (χ4v) is 2.85. The highest BCUT2D eigenvalue weighted by Crippen LogP contribution is 2.36. The number of rotatable bonds is 3. The van der Waals surface area contributed by atoms with Gasteiger partial charge in [-0.1, -0.05) is 24.3 Å². The van der Waals surface area contributed by atoms with Gasteiger partial charge in [0, 0.05) is 0 Å². The molecule has 1 aliphatic carbocycles. The van der Waals surface area contributed by atoms with Gasteiger partial charge in [0.2, 0.25) is 5.91 Å². The van der Waals surface area contributed by atoms with Gasteiger partial charge >= 0.3 is 5.97 Å². The molecule has 0 bridgehead atoms. The minimum absolute atomic E-state index is 0.105. The number of carboxylic acids is 1. The smallest absolute Gasteiger partial charge is 0.313 e. The number of carbonyl (C=O) groups is 2. The molecule has 5 nitrogen and oxygen atoms in total. The van der Waals surface area contributed by atoms with E-state index < -0.39 is 17.4 Å². The first kappa shape index (κ1) is 13.1. The Kier molecular flexibility index (Phi) is 3.01. The number of fused-ring (bicyclic) bond motifs is 1. The van der Waals surface area contributed by atoms with Gasteiger partial charge < -0.3 is 15.2 Å². The number of benzene rings is 1. The van der Waals surface area contributed by atoms with Gasteiger partial charge in [-0.3, -0.25) is 9.59 Å². The van der Waals surface area contributed by atoms with Crippen LogP contribution in [0.5, 0.6) is 0 Å². The van der Waals surface area contributed by atoms with E-state index in [1.54, 1.807) is 6.92 Å². The number of ether oxygens (including phenoxy) is 1. The van der Waals surface area contributed by atoms with Gasteiger partial charge in [-0.15, -0.1) is 0 Å². The van der Waals surface area contributed by atoms with Crippen molar-refractivity contribution in [1.29, 1.82) is 0 Å². The average molecular weight is 275 g/mol. The summed E-state index contributed by atoms with van der Waals surface area (Å²) in [4.78, 5) is 23.6. The van der Waals surface area contributed by atoms with Crippen LogP contribution < -0.4 is 5.32 Å². The molecule has 2 N–H and O–H groups in total. The summed E-state index contributed by atoms with van der Waals surface area (Å²) in [6, 6.07) is 7.36. The number of amides is 1. The molecule has 1 aliphatic heterocycles. The van der Waals surface area contributed by atoms with E-state index in [2.05, 4.69) is 5.32 Å². The van der Waals surface area contributed by atoms with Gasteiger partial charge in [0.15, 0.2) is 0 Å². The third kappa shape index (κ3) is 1.89. The highest BCUT2D eigenvalue weighted by atomic mass is 16.5. The summed E-state index contributed by atoms with van der Waals surface area (Å²) < 4.78 is 5.24. The van der Waals surface area contributed by atoms with Crippen molar-refractivity contribution >= 4 is 11.9 Å². The Balaban J connectivity index is 1.70. The van der Waals surface area contributed by atoms with Crippen molar-refractivity contribution in [1.82, 2.24) is 5.32 Å². The highest BCUT2D eigenvalue weighted by Gasteiger charge is 2.48. The summed E-state index contributed by atoms with van der Waals surface area (Å²) in [7, 11) is 0. The first-order valence-electron chi connectivity index (χ1n) is 6.71. The average Bonchev–Trinajstić information content (AvgIpc) is 2.74. The van der Waals surface area contributed by atoms with E-state index in [-0.39, 0.29) is 25.0 Å². The second-order valence-corrected chi connectivity index (χ2v) is 5.75. The van der Waals surface area contributed by atoms with Gasteiger partial charge in [0.05, 0.1) is 25.2 Å². The molecule has 5 heteroatoms. The molecule has 0 spiro atoms. The standard InChI is InChI=1S/C15H17NO4/c1-15(14(18)19)8-20-7-12(15)16-13(17)11-6-9-4-2-3-5-10(9)11/h2-5,11-12H,6-8H2,1H3,(H,16,17)(H,18,19). The lowest BCUT2D eigenvalue weighted by molar-refractivity contribution is -0.149. The van der Waals surface area contributed by atoms with Gasteiger partial charge in [0.1, 0.15) is 5.41 Å². The zero-order valence-electron chi connectivity index (χ0n) is 11.3. The van der Waals surface area contributed by atoms with Crippen molar-refractivity contribution in [2.24, 2.45) is 5.41 Å². The number of nitrogens with one attached hydrogen (secondary N) is 1. The SMILES string of the molecule is CC1(C(=O)O)COCC1NC(=O)C1Cc2ccccc21. The van der Waals surface area contributed by atoms with E-state index in [9.17, 15) is 14.7 Å². The van der Waals surface area contributed by atoms with Crippen LogP contribution in [-0.4, -0.2) is 36.2 Å². The minimum Gasteiger partial charge on any atom is -0.481 e. The third-order valence-electron chi connectivity index (χ3n) is 4.43. The molecule has 3 rings (SSSR count). The molecule has 1 amide bonds. The number of carbonyl (C=O) groups excluding carboxylic acids is 1. The molecule has 1 fully saturated rings. The summed E-state index contributed by atoms with van der Waals surface area (Å²) in [5.41, 5.74) is 1.19. The van der Waals surface area contributed by atoms with Gasteiger partial charge in [-0.2, -0.15) is 0 Å². The van der Waals surface area contributed by atoms with E-state index in [0.29, 0.717) is 0 Å². The summed E-state index contributed by atoms with van der Waals surface area (Å²) in [6.45, 7) is 2.00. The minimum atomic E-state index is -1.04. The highest BCUT2D eigenvalue weighted by molar-refractivity contribution is 5.88. The second-order valence-electron chi connectivity index (χ2n) is 5.75. The Morgan fingerprint density at radius 2 is 2.15 bits per heavy atom. The van der Waals surface area contributed by atoms with Crippen LogP contribution in [0.1, 0.15) is 24.0 Å². The van der Waals surface area contributed by atoms with Crippen LogP contribution in [-0.2, 0) is 20.7 Å². The topological polar surface area (TPSA) is 75.6 Å². The fraction of sp³-hybridized carbons (Fsp3) is 0.467. The van der Waals surface area contributed by atoms with Crippen molar-refractivity contribution in [3.63, 3.8) is 0 Å². The molecule has 0 saturated carbocycles. The van der Waals surface area contributed by atoms with Crippen molar-refractivity contribution in [2.45, 2.75) is 25.3 Å². The lowest BCUT2D eigenvalue weighted by Gasteiger charge is -2.32. The lowest BCUT2D eigenvalue weighted by Crippen LogP contribution is -2.51. The predicted octanol–water partition coefficient (Wildman–Crippen LogP) is 0.932. The van der Waals surface area contributed by atoms with Crippen molar-refractivity contribution in [2.75, 3.05) is 13.2 Å². The molecular formula is C15H17NO4. The van der Waals surface area contributed by atoms with Crippen molar-refractivity contribution in [3.05, 3.63) is 35.4 Å². The maximum Gasteiger partial charge on any atom is 0.313 e. The van der Waals surface area contributed by atoms with Gasteiger partial charge in [-0.25, -0.2) is 0 Å². The molecule has 1 heterocycles. The molecule has 1 aromatic carbocycles. The Bertz CT molecular complexity index is 571. The Morgan fingerprint density at radius 3 is 2.85 bits per heavy atom. The largest absolute Gasteiger partial charge is 0.481 e. The molecule has 3 unspecified atom stereocenters. The van der Waals surface area contributed by atoms with E-state index in [0.717, 1.165) is 12.0 Å². The van der Waals surface area contributed by atoms with Crippen molar-refractivity contribution in [3.8, 4) is 0 Å².